The zero-order chi connectivity index (χ0) is 12.3. The van der Waals surface area contributed by atoms with E-state index in [1.165, 1.54) is 38.4 Å². The van der Waals surface area contributed by atoms with E-state index < -0.39 is 0 Å². The van der Waals surface area contributed by atoms with Crippen molar-refractivity contribution in [2.75, 3.05) is 11.1 Å². The lowest BCUT2D eigenvalue weighted by Gasteiger charge is -2.29. The lowest BCUT2D eigenvalue weighted by molar-refractivity contribution is 0.327. The van der Waals surface area contributed by atoms with Crippen molar-refractivity contribution in [3.8, 4) is 0 Å². The summed E-state index contributed by atoms with van der Waals surface area (Å²) in [6.07, 6.45) is 7.99. The number of hydrogen-bond donors (Lipinski definition) is 2. The second-order valence-electron chi connectivity index (χ2n) is 5.01. The van der Waals surface area contributed by atoms with Crippen molar-refractivity contribution >= 4 is 11.6 Å². The van der Waals surface area contributed by atoms with Gasteiger partial charge in [0.2, 0.25) is 0 Å². The van der Waals surface area contributed by atoms with Crippen molar-refractivity contribution in [3.05, 3.63) is 11.9 Å². The molecule has 0 saturated heterocycles. The van der Waals surface area contributed by atoms with Crippen LogP contribution in [-0.2, 0) is 0 Å². The summed E-state index contributed by atoms with van der Waals surface area (Å²) in [5.41, 5.74) is 6.75. The quantitative estimate of drug-likeness (QED) is 0.844. The molecule has 1 aromatic rings. The molecule has 2 rings (SSSR count). The molecule has 0 aromatic carbocycles. The van der Waals surface area contributed by atoms with Crippen molar-refractivity contribution in [1.82, 2.24) is 9.97 Å². The molecule has 17 heavy (non-hydrogen) atoms. The molecule has 4 heteroatoms. The Balaban J connectivity index is 2.02. The molecule has 0 radical (unpaired) electrons. The molecule has 1 heterocycles. The largest absolute Gasteiger partial charge is 0.383 e. The minimum Gasteiger partial charge on any atom is -0.383 e. The van der Waals surface area contributed by atoms with Crippen molar-refractivity contribution in [2.24, 2.45) is 5.92 Å². The molecular weight excluding hydrogens is 212 g/mol. The lowest BCUT2D eigenvalue weighted by Crippen LogP contribution is -2.28. The Morgan fingerprint density at radius 1 is 1.41 bits per heavy atom. The first-order valence-corrected chi connectivity index (χ1v) is 6.54. The monoisotopic (exact) mass is 234 g/mol. The fourth-order valence-electron chi connectivity index (χ4n) is 2.60. The first kappa shape index (κ1) is 12.1. The summed E-state index contributed by atoms with van der Waals surface area (Å²) < 4.78 is 0. The van der Waals surface area contributed by atoms with E-state index in [1.807, 2.05) is 6.92 Å². The van der Waals surface area contributed by atoms with Crippen LogP contribution in [0, 0.1) is 12.8 Å². The topological polar surface area (TPSA) is 63.8 Å². The third-order valence-corrected chi connectivity index (χ3v) is 3.82. The molecule has 0 bridgehead atoms. The summed E-state index contributed by atoms with van der Waals surface area (Å²) in [7, 11) is 0. The second-order valence-corrected chi connectivity index (χ2v) is 5.01. The van der Waals surface area contributed by atoms with Gasteiger partial charge in [-0.15, -0.1) is 0 Å². The Kier molecular flexibility index (Phi) is 3.82. The molecule has 2 unspecified atom stereocenters. The molecule has 94 valence electrons. The van der Waals surface area contributed by atoms with Crippen molar-refractivity contribution in [2.45, 2.75) is 52.0 Å². The minimum absolute atomic E-state index is 0.543. The van der Waals surface area contributed by atoms with Gasteiger partial charge in [-0.05, 0) is 25.7 Å². The number of nitrogens with one attached hydrogen (secondary N) is 1. The van der Waals surface area contributed by atoms with E-state index in [1.54, 1.807) is 0 Å². The van der Waals surface area contributed by atoms with Crippen LogP contribution in [0.15, 0.2) is 6.33 Å². The van der Waals surface area contributed by atoms with Crippen LogP contribution in [0.4, 0.5) is 11.6 Å². The van der Waals surface area contributed by atoms with Crippen LogP contribution in [0.3, 0.4) is 0 Å². The Labute approximate surface area is 103 Å². The van der Waals surface area contributed by atoms with E-state index in [-0.39, 0.29) is 0 Å². The highest BCUT2D eigenvalue weighted by Crippen LogP contribution is 2.29. The fourth-order valence-corrected chi connectivity index (χ4v) is 2.60. The van der Waals surface area contributed by atoms with Gasteiger partial charge in [0.15, 0.2) is 0 Å². The van der Waals surface area contributed by atoms with E-state index in [4.69, 9.17) is 5.73 Å². The fraction of sp³-hybridized carbons (Fsp3) is 0.692. The predicted octanol–water partition coefficient (Wildman–Crippen LogP) is 2.75. The SMILES string of the molecule is CCC1CCCC(Nc2ncnc(N)c2C)C1. The minimum atomic E-state index is 0.543. The normalized spacial score (nSPS) is 24.6. The zero-order valence-corrected chi connectivity index (χ0v) is 10.7. The molecule has 0 amide bonds. The summed E-state index contributed by atoms with van der Waals surface area (Å²) in [6.45, 7) is 4.25. The Morgan fingerprint density at radius 2 is 2.24 bits per heavy atom. The van der Waals surface area contributed by atoms with Crippen LogP contribution in [0.5, 0.6) is 0 Å². The molecule has 1 aliphatic carbocycles. The van der Waals surface area contributed by atoms with Gasteiger partial charge in [-0.3, -0.25) is 0 Å². The standard InChI is InChI=1S/C13H22N4/c1-3-10-5-4-6-11(7-10)17-13-9(2)12(14)15-8-16-13/h8,10-11H,3-7H2,1-2H3,(H3,14,15,16,17). The summed E-state index contributed by atoms with van der Waals surface area (Å²) in [5.74, 6) is 2.34. The second kappa shape index (κ2) is 5.34. The van der Waals surface area contributed by atoms with Crippen LogP contribution in [0.1, 0.15) is 44.6 Å². The number of nitrogens with zero attached hydrogens (tertiary/aromatic N) is 2. The average molecular weight is 234 g/mol. The van der Waals surface area contributed by atoms with Crippen LogP contribution in [0.25, 0.3) is 0 Å². The smallest absolute Gasteiger partial charge is 0.134 e. The van der Waals surface area contributed by atoms with Crippen LogP contribution >= 0.6 is 0 Å². The number of hydrogen-bond acceptors (Lipinski definition) is 4. The van der Waals surface area contributed by atoms with Crippen LogP contribution < -0.4 is 11.1 Å². The maximum absolute atomic E-state index is 5.79. The molecule has 3 N–H and O–H groups in total. The van der Waals surface area contributed by atoms with Gasteiger partial charge in [-0.2, -0.15) is 0 Å². The summed E-state index contributed by atoms with van der Waals surface area (Å²) in [4.78, 5) is 8.27. The number of anilines is 2. The number of nitrogen functional groups attached to an aromatic ring is 1. The van der Waals surface area contributed by atoms with E-state index in [2.05, 4.69) is 22.2 Å². The predicted molar refractivity (Wildman–Crippen MR) is 70.8 cm³/mol. The molecular formula is C13H22N4. The third kappa shape index (κ3) is 2.87. The summed E-state index contributed by atoms with van der Waals surface area (Å²) in [6, 6.07) is 0.543. The molecule has 0 spiro atoms. The van der Waals surface area contributed by atoms with E-state index in [0.717, 1.165) is 17.3 Å². The van der Waals surface area contributed by atoms with Gasteiger partial charge in [0.05, 0.1) is 0 Å². The maximum Gasteiger partial charge on any atom is 0.134 e. The first-order chi connectivity index (χ1) is 8.20. The summed E-state index contributed by atoms with van der Waals surface area (Å²) in [5, 5.41) is 3.52. The first-order valence-electron chi connectivity index (χ1n) is 6.54. The summed E-state index contributed by atoms with van der Waals surface area (Å²) >= 11 is 0. The highest BCUT2D eigenvalue weighted by Gasteiger charge is 2.21. The van der Waals surface area contributed by atoms with Crippen molar-refractivity contribution < 1.29 is 0 Å². The lowest BCUT2D eigenvalue weighted by atomic mass is 9.84. The van der Waals surface area contributed by atoms with Gasteiger partial charge in [0, 0.05) is 11.6 Å². The van der Waals surface area contributed by atoms with Gasteiger partial charge in [0.25, 0.3) is 0 Å². The molecule has 4 nitrogen and oxygen atoms in total. The maximum atomic E-state index is 5.79. The zero-order valence-electron chi connectivity index (χ0n) is 10.7. The molecule has 2 atom stereocenters. The van der Waals surface area contributed by atoms with Gasteiger partial charge >= 0.3 is 0 Å². The number of nitrogens with two attached hydrogens (primary N) is 1. The average Bonchev–Trinajstić information content (AvgIpc) is 2.35. The van der Waals surface area contributed by atoms with E-state index >= 15 is 0 Å². The van der Waals surface area contributed by atoms with Crippen molar-refractivity contribution in [1.29, 1.82) is 0 Å². The van der Waals surface area contributed by atoms with Gasteiger partial charge in [-0.25, -0.2) is 9.97 Å². The van der Waals surface area contributed by atoms with Gasteiger partial charge < -0.3 is 11.1 Å². The van der Waals surface area contributed by atoms with Gasteiger partial charge in [-0.1, -0.05) is 26.2 Å². The Hall–Kier alpha value is -1.32. The van der Waals surface area contributed by atoms with Crippen molar-refractivity contribution in [3.63, 3.8) is 0 Å². The van der Waals surface area contributed by atoms with E-state index in [0.29, 0.717) is 11.9 Å². The number of aromatic nitrogens is 2. The highest BCUT2D eigenvalue weighted by atomic mass is 15.1. The molecule has 1 fully saturated rings. The highest BCUT2D eigenvalue weighted by molar-refractivity contribution is 5.54. The number of rotatable bonds is 3. The molecule has 1 aliphatic rings. The van der Waals surface area contributed by atoms with E-state index in [9.17, 15) is 0 Å². The van der Waals surface area contributed by atoms with Crippen LogP contribution in [-0.4, -0.2) is 16.0 Å². The Morgan fingerprint density at radius 3 is 3.00 bits per heavy atom. The van der Waals surface area contributed by atoms with Gasteiger partial charge in [0.1, 0.15) is 18.0 Å². The Bertz CT molecular complexity index is 378. The molecule has 1 aromatic heterocycles. The third-order valence-electron chi connectivity index (χ3n) is 3.82. The molecule has 1 saturated carbocycles. The molecule has 0 aliphatic heterocycles. The van der Waals surface area contributed by atoms with Crippen LogP contribution in [0.2, 0.25) is 0 Å².